The molecule has 2 amide bonds. The summed E-state index contributed by atoms with van der Waals surface area (Å²) in [6, 6.07) is 30.2. The van der Waals surface area contributed by atoms with Gasteiger partial charge in [-0.15, -0.1) is 11.3 Å². The smallest absolute Gasteiger partial charge is 0.251 e. The summed E-state index contributed by atoms with van der Waals surface area (Å²) in [5, 5.41) is 6.91. The maximum atomic E-state index is 14.0. The summed E-state index contributed by atoms with van der Waals surface area (Å²) in [5.74, 6) is 0.664. The summed E-state index contributed by atoms with van der Waals surface area (Å²) in [6.45, 7) is 2.28. The number of hydrogen-bond donors (Lipinski definition) is 1. The van der Waals surface area contributed by atoms with Crippen LogP contribution in [0.15, 0.2) is 107 Å². The van der Waals surface area contributed by atoms with E-state index in [0.29, 0.717) is 30.2 Å². The number of aryl methyl sites for hydroxylation is 1. The lowest BCUT2D eigenvalue weighted by molar-refractivity contribution is -0.126. The van der Waals surface area contributed by atoms with Gasteiger partial charge in [0.05, 0.1) is 12.1 Å². The fourth-order valence-corrected chi connectivity index (χ4v) is 5.22. The number of hydrogen-bond acceptors (Lipinski definition) is 4. The topological polar surface area (TPSA) is 62.6 Å². The van der Waals surface area contributed by atoms with Gasteiger partial charge in [0, 0.05) is 16.8 Å². The molecule has 0 saturated heterocycles. The zero-order valence-corrected chi connectivity index (χ0v) is 21.4. The van der Waals surface area contributed by atoms with Crippen LogP contribution >= 0.6 is 11.3 Å². The van der Waals surface area contributed by atoms with Crippen molar-refractivity contribution in [3.05, 3.63) is 124 Å². The predicted molar refractivity (Wildman–Crippen MR) is 149 cm³/mol. The van der Waals surface area contributed by atoms with Crippen molar-refractivity contribution in [2.45, 2.75) is 25.8 Å². The molecule has 1 N–H and O–H groups in total. The van der Waals surface area contributed by atoms with E-state index in [9.17, 15) is 9.59 Å². The van der Waals surface area contributed by atoms with Crippen molar-refractivity contribution in [2.75, 3.05) is 11.4 Å². The SMILES string of the molecule is Cc1ccc(C(C(=O)NCCc2ccccc2)N(C(=O)Cc2cccs2)c2cccc3ccccc23)o1. The largest absolute Gasteiger partial charge is 0.464 e. The van der Waals surface area contributed by atoms with Gasteiger partial charge in [0.25, 0.3) is 5.91 Å². The van der Waals surface area contributed by atoms with Crippen LogP contribution in [0.2, 0.25) is 0 Å². The molecular weight excluding hydrogens is 480 g/mol. The number of carbonyl (C=O) groups is 2. The Labute approximate surface area is 220 Å². The Balaban J connectivity index is 1.54. The second-order valence-electron chi connectivity index (χ2n) is 8.90. The van der Waals surface area contributed by atoms with E-state index in [4.69, 9.17) is 4.42 Å². The van der Waals surface area contributed by atoms with Gasteiger partial charge in [-0.25, -0.2) is 0 Å². The van der Waals surface area contributed by atoms with E-state index in [2.05, 4.69) is 5.32 Å². The van der Waals surface area contributed by atoms with Crippen LogP contribution in [-0.2, 0) is 22.4 Å². The Morgan fingerprint density at radius 2 is 1.68 bits per heavy atom. The summed E-state index contributed by atoms with van der Waals surface area (Å²) in [5.41, 5.74) is 1.81. The molecule has 5 aromatic rings. The van der Waals surface area contributed by atoms with Gasteiger partial charge in [-0.1, -0.05) is 72.8 Å². The quantitative estimate of drug-likeness (QED) is 0.248. The molecule has 5 nitrogen and oxygen atoms in total. The summed E-state index contributed by atoms with van der Waals surface area (Å²) >= 11 is 1.53. The lowest BCUT2D eigenvalue weighted by Gasteiger charge is -2.31. The van der Waals surface area contributed by atoms with E-state index in [0.717, 1.165) is 21.2 Å². The van der Waals surface area contributed by atoms with Crippen LogP contribution in [0.3, 0.4) is 0 Å². The second kappa shape index (κ2) is 11.3. The Kier molecular flexibility index (Phi) is 7.47. The molecule has 37 heavy (non-hydrogen) atoms. The molecule has 2 heterocycles. The van der Waals surface area contributed by atoms with Crippen LogP contribution in [0.5, 0.6) is 0 Å². The number of rotatable bonds is 9. The number of furan rings is 1. The Morgan fingerprint density at radius 1 is 0.892 bits per heavy atom. The summed E-state index contributed by atoms with van der Waals surface area (Å²) < 4.78 is 5.98. The first kappa shape index (κ1) is 24.5. The monoisotopic (exact) mass is 508 g/mol. The lowest BCUT2D eigenvalue weighted by Crippen LogP contribution is -2.45. The lowest BCUT2D eigenvalue weighted by atomic mass is 10.0. The summed E-state index contributed by atoms with van der Waals surface area (Å²) in [4.78, 5) is 30.4. The molecule has 0 saturated carbocycles. The number of anilines is 1. The molecule has 0 spiro atoms. The van der Waals surface area contributed by atoms with Gasteiger partial charge in [0.2, 0.25) is 5.91 Å². The molecule has 5 rings (SSSR count). The number of fused-ring (bicyclic) bond motifs is 1. The normalized spacial score (nSPS) is 11.8. The van der Waals surface area contributed by atoms with Gasteiger partial charge in [-0.3, -0.25) is 14.5 Å². The summed E-state index contributed by atoms with van der Waals surface area (Å²) in [6.07, 6.45) is 0.877. The molecule has 1 atom stereocenters. The highest BCUT2D eigenvalue weighted by Crippen LogP contribution is 2.35. The highest BCUT2D eigenvalue weighted by atomic mass is 32.1. The van der Waals surface area contributed by atoms with E-state index in [1.165, 1.54) is 11.3 Å². The predicted octanol–water partition coefficient (Wildman–Crippen LogP) is 6.48. The van der Waals surface area contributed by atoms with Crippen molar-refractivity contribution < 1.29 is 14.0 Å². The van der Waals surface area contributed by atoms with Gasteiger partial charge in [0.1, 0.15) is 11.5 Å². The molecule has 0 radical (unpaired) electrons. The molecule has 6 heteroatoms. The van der Waals surface area contributed by atoms with Crippen LogP contribution in [0.4, 0.5) is 5.69 Å². The first-order chi connectivity index (χ1) is 18.1. The van der Waals surface area contributed by atoms with E-state index in [1.807, 2.05) is 103 Å². The van der Waals surface area contributed by atoms with Crippen molar-refractivity contribution in [1.82, 2.24) is 5.32 Å². The van der Waals surface area contributed by atoms with Gasteiger partial charge in [-0.2, -0.15) is 0 Å². The highest BCUT2D eigenvalue weighted by Gasteiger charge is 2.35. The van der Waals surface area contributed by atoms with Crippen molar-refractivity contribution in [1.29, 1.82) is 0 Å². The average molecular weight is 509 g/mol. The minimum Gasteiger partial charge on any atom is -0.464 e. The van der Waals surface area contributed by atoms with Gasteiger partial charge in [-0.05, 0) is 53.9 Å². The zero-order chi connectivity index (χ0) is 25.6. The van der Waals surface area contributed by atoms with Crippen molar-refractivity contribution in [3.8, 4) is 0 Å². The van der Waals surface area contributed by atoms with Crippen molar-refractivity contribution in [2.24, 2.45) is 0 Å². The fraction of sp³-hybridized carbons (Fsp3) is 0.161. The van der Waals surface area contributed by atoms with E-state index in [1.54, 1.807) is 11.0 Å². The third-order valence-corrected chi connectivity index (χ3v) is 7.17. The zero-order valence-electron chi connectivity index (χ0n) is 20.6. The molecule has 1 unspecified atom stereocenters. The van der Waals surface area contributed by atoms with Crippen molar-refractivity contribution in [3.63, 3.8) is 0 Å². The Bertz CT molecular complexity index is 1490. The van der Waals surface area contributed by atoms with Crippen LogP contribution < -0.4 is 10.2 Å². The number of carbonyl (C=O) groups excluding carboxylic acids is 2. The summed E-state index contributed by atoms with van der Waals surface area (Å²) in [7, 11) is 0. The molecule has 2 aromatic heterocycles. The number of benzene rings is 3. The Morgan fingerprint density at radius 3 is 2.43 bits per heavy atom. The van der Waals surface area contributed by atoms with Crippen LogP contribution in [0, 0.1) is 6.92 Å². The van der Waals surface area contributed by atoms with E-state index in [-0.39, 0.29) is 18.2 Å². The molecule has 0 aliphatic heterocycles. The van der Waals surface area contributed by atoms with Gasteiger partial charge >= 0.3 is 0 Å². The molecule has 0 aliphatic carbocycles. The third kappa shape index (κ3) is 5.65. The number of nitrogens with zero attached hydrogens (tertiary/aromatic N) is 1. The minimum absolute atomic E-state index is 0.170. The average Bonchev–Trinajstić information content (AvgIpc) is 3.59. The fourth-order valence-electron chi connectivity index (χ4n) is 4.53. The first-order valence-corrected chi connectivity index (χ1v) is 13.2. The standard InChI is InChI=1S/C31H28N2O3S/c1-22-16-17-28(36-22)30(31(35)32-19-18-23-9-3-2-4-10-23)33(29(34)21-25-13-8-20-37-25)27-15-7-12-24-11-5-6-14-26(24)27/h2-17,20,30H,18-19,21H2,1H3,(H,32,35). The van der Waals surface area contributed by atoms with E-state index < -0.39 is 6.04 Å². The molecule has 3 aromatic carbocycles. The van der Waals surface area contributed by atoms with Crippen LogP contribution in [0.25, 0.3) is 10.8 Å². The van der Waals surface area contributed by atoms with Crippen LogP contribution in [0.1, 0.15) is 28.0 Å². The van der Waals surface area contributed by atoms with Crippen molar-refractivity contribution >= 4 is 39.6 Å². The number of thiophene rings is 1. The van der Waals surface area contributed by atoms with Gasteiger partial charge in [0.15, 0.2) is 6.04 Å². The molecule has 186 valence electrons. The third-order valence-electron chi connectivity index (χ3n) is 6.29. The Hall–Kier alpha value is -4.16. The van der Waals surface area contributed by atoms with Crippen LogP contribution in [-0.4, -0.2) is 18.4 Å². The van der Waals surface area contributed by atoms with E-state index >= 15 is 0 Å². The molecular formula is C31H28N2O3S. The molecule has 0 fully saturated rings. The number of amides is 2. The van der Waals surface area contributed by atoms with Gasteiger partial charge < -0.3 is 9.73 Å². The maximum absolute atomic E-state index is 14.0. The maximum Gasteiger partial charge on any atom is 0.251 e. The molecule has 0 aliphatic rings. The number of nitrogens with one attached hydrogen (secondary N) is 1. The highest BCUT2D eigenvalue weighted by molar-refractivity contribution is 7.10. The molecule has 0 bridgehead atoms. The second-order valence-corrected chi connectivity index (χ2v) is 9.93. The minimum atomic E-state index is -0.956. The first-order valence-electron chi connectivity index (χ1n) is 12.3.